The van der Waals surface area contributed by atoms with Crippen LogP contribution >= 0.6 is 27.3 Å². The van der Waals surface area contributed by atoms with Crippen LogP contribution in [0.2, 0.25) is 0 Å². The normalized spacial score (nSPS) is 16.1. The first-order valence-electron chi connectivity index (χ1n) is 9.59. The topological polar surface area (TPSA) is 85.4 Å². The quantitative estimate of drug-likeness (QED) is 0.528. The van der Waals surface area contributed by atoms with Crippen molar-refractivity contribution >= 4 is 49.3 Å². The number of benzene rings is 1. The molecule has 3 N–H and O–H groups in total. The van der Waals surface area contributed by atoms with E-state index in [0.717, 1.165) is 19.6 Å². The van der Waals surface area contributed by atoms with Gasteiger partial charge in [-0.3, -0.25) is 9.59 Å². The molecular weight excluding hydrogens is 454 g/mol. The fourth-order valence-electron chi connectivity index (χ4n) is 3.61. The van der Waals surface area contributed by atoms with Crippen LogP contribution in [0.4, 0.5) is 0 Å². The Kier molecular flexibility index (Phi) is 6.03. The maximum absolute atomic E-state index is 13.2. The Hall–Kier alpha value is -2.16. The Morgan fingerprint density at radius 3 is 2.66 bits per heavy atom. The van der Waals surface area contributed by atoms with Gasteiger partial charge in [0.1, 0.15) is 11.7 Å². The molecule has 1 aliphatic heterocycles. The van der Waals surface area contributed by atoms with Crippen molar-refractivity contribution in [2.75, 3.05) is 13.1 Å². The average Bonchev–Trinajstić information content (AvgIpc) is 3.26. The van der Waals surface area contributed by atoms with E-state index in [4.69, 9.17) is 0 Å². The summed E-state index contributed by atoms with van der Waals surface area (Å²) >= 11 is 4.99. The summed E-state index contributed by atoms with van der Waals surface area (Å²) in [7, 11) is 0. The van der Waals surface area contributed by atoms with Crippen molar-refractivity contribution in [1.29, 1.82) is 0 Å². The zero-order valence-corrected chi connectivity index (χ0v) is 18.1. The molecule has 0 aliphatic carbocycles. The number of likely N-dealkylation sites (tertiary alicyclic amines) is 1. The van der Waals surface area contributed by atoms with Crippen LogP contribution in [-0.4, -0.2) is 52.0 Å². The number of H-pyrrole nitrogens is 1. The molecule has 1 aromatic carbocycles. The summed E-state index contributed by atoms with van der Waals surface area (Å²) < 4.78 is 1.98. The third kappa shape index (κ3) is 4.71. The maximum atomic E-state index is 13.2. The van der Waals surface area contributed by atoms with Crippen molar-refractivity contribution in [2.45, 2.75) is 31.4 Å². The molecule has 29 heavy (non-hydrogen) atoms. The van der Waals surface area contributed by atoms with Gasteiger partial charge in [-0.1, -0.05) is 30.3 Å². The summed E-state index contributed by atoms with van der Waals surface area (Å²) in [6.07, 6.45) is 1.21. The molecule has 2 amide bonds. The minimum absolute atomic E-state index is 0.106. The zero-order valence-electron chi connectivity index (χ0n) is 15.7. The number of aliphatic hydroxyl groups excluding tert-OH is 1. The van der Waals surface area contributed by atoms with Crippen LogP contribution in [0.25, 0.3) is 10.2 Å². The summed E-state index contributed by atoms with van der Waals surface area (Å²) in [6, 6.07) is 12.8. The van der Waals surface area contributed by atoms with Gasteiger partial charge in [-0.25, -0.2) is 0 Å². The number of carbonyl (C=O) groups is 2. The van der Waals surface area contributed by atoms with Crippen LogP contribution in [0.15, 0.2) is 46.3 Å². The van der Waals surface area contributed by atoms with Gasteiger partial charge >= 0.3 is 0 Å². The number of hydrogen-bond donors (Lipinski definition) is 3. The van der Waals surface area contributed by atoms with E-state index in [2.05, 4.69) is 26.2 Å². The number of fused-ring (bicyclic) bond motifs is 1. The van der Waals surface area contributed by atoms with Crippen molar-refractivity contribution in [1.82, 2.24) is 15.2 Å². The van der Waals surface area contributed by atoms with Gasteiger partial charge in [-0.05, 0) is 46.5 Å². The summed E-state index contributed by atoms with van der Waals surface area (Å²) in [5, 5.41) is 12.7. The van der Waals surface area contributed by atoms with E-state index < -0.39 is 6.04 Å². The molecular formula is C21H22BrN3O3S. The van der Waals surface area contributed by atoms with Crippen LogP contribution in [0.3, 0.4) is 0 Å². The van der Waals surface area contributed by atoms with Crippen molar-refractivity contribution in [2.24, 2.45) is 0 Å². The first-order valence-corrected chi connectivity index (χ1v) is 11.2. The Morgan fingerprint density at radius 2 is 1.97 bits per heavy atom. The molecule has 3 heterocycles. The molecule has 0 bridgehead atoms. The van der Waals surface area contributed by atoms with Gasteiger partial charge in [-0.2, -0.15) is 0 Å². The fourth-order valence-corrected chi connectivity index (χ4v) is 5.14. The number of piperidine rings is 1. The van der Waals surface area contributed by atoms with Gasteiger partial charge < -0.3 is 20.3 Å². The summed E-state index contributed by atoms with van der Waals surface area (Å²) in [5.74, 6) is -0.402. The molecule has 6 nitrogen and oxygen atoms in total. The van der Waals surface area contributed by atoms with Gasteiger partial charge in [0.15, 0.2) is 0 Å². The lowest BCUT2D eigenvalue weighted by molar-refractivity contribution is -0.135. The zero-order chi connectivity index (χ0) is 20.4. The van der Waals surface area contributed by atoms with E-state index in [1.54, 1.807) is 22.3 Å². The highest BCUT2D eigenvalue weighted by atomic mass is 79.9. The van der Waals surface area contributed by atoms with Crippen LogP contribution in [0.1, 0.15) is 28.9 Å². The van der Waals surface area contributed by atoms with E-state index in [9.17, 15) is 14.7 Å². The molecule has 152 valence electrons. The molecule has 0 spiro atoms. The number of thiophene rings is 1. The van der Waals surface area contributed by atoms with Gasteiger partial charge in [0.25, 0.3) is 5.91 Å². The molecule has 0 unspecified atom stereocenters. The summed E-state index contributed by atoms with van der Waals surface area (Å²) in [4.78, 5) is 30.9. The second-order valence-electron chi connectivity index (χ2n) is 7.28. The molecule has 1 saturated heterocycles. The van der Waals surface area contributed by atoms with Gasteiger partial charge in [-0.15, -0.1) is 11.3 Å². The molecule has 3 aromatic rings. The molecule has 0 saturated carbocycles. The third-order valence-electron chi connectivity index (χ3n) is 5.18. The molecule has 1 fully saturated rings. The smallest absolute Gasteiger partial charge is 0.268 e. The highest BCUT2D eigenvalue weighted by Crippen LogP contribution is 2.30. The number of nitrogens with zero attached hydrogens (tertiary/aromatic N) is 1. The van der Waals surface area contributed by atoms with Crippen molar-refractivity contribution in [3.05, 3.63) is 57.5 Å². The van der Waals surface area contributed by atoms with E-state index in [-0.39, 0.29) is 17.9 Å². The SMILES string of the molecule is O=C(N[C@@H](Cc1ccccc1)C(=O)N1CCC(O)CC1)c1cc2sc(Br)cc2[nH]1. The second kappa shape index (κ2) is 8.69. The number of carbonyl (C=O) groups excluding carboxylic acids is 2. The second-order valence-corrected chi connectivity index (χ2v) is 9.75. The molecule has 4 rings (SSSR count). The van der Waals surface area contributed by atoms with E-state index in [0.29, 0.717) is 38.0 Å². The number of rotatable bonds is 5. The number of amides is 2. The monoisotopic (exact) mass is 475 g/mol. The number of nitrogens with one attached hydrogen (secondary N) is 2. The van der Waals surface area contributed by atoms with E-state index >= 15 is 0 Å². The minimum Gasteiger partial charge on any atom is -0.393 e. The Bertz CT molecular complexity index is 977. The van der Waals surface area contributed by atoms with Crippen LogP contribution in [-0.2, 0) is 11.2 Å². The number of aromatic amines is 1. The Labute approximate surface area is 181 Å². The van der Waals surface area contributed by atoms with E-state index in [1.165, 1.54) is 0 Å². The first kappa shape index (κ1) is 20.1. The maximum Gasteiger partial charge on any atom is 0.268 e. The van der Waals surface area contributed by atoms with Gasteiger partial charge in [0.05, 0.1) is 20.1 Å². The molecule has 2 aromatic heterocycles. The van der Waals surface area contributed by atoms with Crippen LogP contribution < -0.4 is 5.32 Å². The van der Waals surface area contributed by atoms with Gasteiger partial charge in [0, 0.05) is 19.5 Å². The predicted octanol–water partition coefficient (Wildman–Crippen LogP) is 3.32. The van der Waals surface area contributed by atoms with Crippen molar-refractivity contribution in [3.63, 3.8) is 0 Å². The van der Waals surface area contributed by atoms with E-state index in [1.807, 2.05) is 36.4 Å². The molecule has 8 heteroatoms. The molecule has 0 radical (unpaired) electrons. The standard InChI is InChI=1S/C21H22BrN3O3S/c22-19-12-15-18(29-19)11-16(23-15)20(27)24-17(10-13-4-2-1-3-5-13)21(28)25-8-6-14(26)7-9-25/h1-5,11-12,14,17,23,26H,6-10H2,(H,24,27)/t17-/m0/s1. The third-order valence-corrected chi connectivity index (χ3v) is 6.77. The van der Waals surface area contributed by atoms with Crippen LogP contribution in [0, 0.1) is 0 Å². The molecule has 1 atom stereocenters. The Balaban J connectivity index is 1.52. The lowest BCUT2D eigenvalue weighted by Gasteiger charge is -2.32. The average molecular weight is 476 g/mol. The first-order chi connectivity index (χ1) is 14.0. The Morgan fingerprint density at radius 1 is 1.24 bits per heavy atom. The predicted molar refractivity (Wildman–Crippen MR) is 117 cm³/mol. The van der Waals surface area contributed by atoms with Crippen LogP contribution in [0.5, 0.6) is 0 Å². The highest BCUT2D eigenvalue weighted by Gasteiger charge is 2.29. The van der Waals surface area contributed by atoms with Gasteiger partial charge in [0.2, 0.25) is 5.91 Å². The largest absolute Gasteiger partial charge is 0.393 e. The summed E-state index contributed by atoms with van der Waals surface area (Å²) in [5.41, 5.74) is 2.32. The van der Waals surface area contributed by atoms with Crippen molar-refractivity contribution in [3.8, 4) is 0 Å². The highest BCUT2D eigenvalue weighted by molar-refractivity contribution is 9.11. The number of halogens is 1. The van der Waals surface area contributed by atoms with Crippen molar-refractivity contribution < 1.29 is 14.7 Å². The lowest BCUT2D eigenvalue weighted by Crippen LogP contribution is -2.52. The number of aliphatic hydroxyl groups is 1. The molecule has 1 aliphatic rings. The number of hydrogen-bond acceptors (Lipinski definition) is 4. The summed E-state index contributed by atoms with van der Waals surface area (Å²) in [6.45, 7) is 1.01. The lowest BCUT2D eigenvalue weighted by atomic mass is 10.0. The number of aromatic nitrogens is 1. The minimum atomic E-state index is -0.659. The fraction of sp³-hybridized carbons (Fsp3) is 0.333.